The van der Waals surface area contributed by atoms with Gasteiger partial charge in [0, 0.05) is 96.8 Å². The van der Waals surface area contributed by atoms with Gasteiger partial charge in [0.2, 0.25) is 24.4 Å². The predicted molar refractivity (Wildman–Crippen MR) is 379 cm³/mol. The lowest BCUT2D eigenvalue weighted by molar-refractivity contribution is -0.277. The number of nitrogens with one attached hydrogen (secondary N) is 2. The van der Waals surface area contributed by atoms with Gasteiger partial charge in [0.1, 0.15) is 66.6 Å². The van der Waals surface area contributed by atoms with Crippen LogP contribution in [0.4, 0.5) is 17.1 Å². The van der Waals surface area contributed by atoms with Crippen LogP contribution in [0, 0.1) is 0 Å². The number of hydrogen-bond acceptors (Lipinski definition) is 24. The Labute approximate surface area is 605 Å². The summed E-state index contributed by atoms with van der Waals surface area (Å²) in [4.78, 5) is 68.0. The van der Waals surface area contributed by atoms with Crippen molar-refractivity contribution in [2.75, 3.05) is 152 Å². The Bertz CT molecular complexity index is 3640. The summed E-state index contributed by atoms with van der Waals surface area (Å²) in [5.74, 6) is -1.43. The normalized spacial score (nSPS) is 23.2. The number of ether oxygens (including phenoxy) is 11. The molecule has 0 bridgehead atoms. The minimum atomic E-state index is -1.71. The molecule has 4 heterocycles. The molecule has 0 radical (unpaired) electrons. The molecule has 4 aliphatic heterocycles. The Hall–Kier alpha value is -6.85. The average Bonchev–Trinajstić information content (AvgIpc) is 1.61. The van der Waals surface area contributed by atoms with E-state index in [4.69, 9.17) is 75.3 Å². The van der Waals surface area contributed by atoms with Gasteiger partial charge in [-0.3, -0.25) is 19.2 Å². The zero-order valence-electron chi connectivity index (χ0n) is 57.0. The Morgan fingerprint density at radius 1 is 0.505 bits per heavy atom. The molecule has 12 atom stereocenters. The first-order valence-electron chi connectivity index (χ1n) is 34.4. The molecule has 0 unspecified atom stereocenters. The third-order valence-electron chi connectivity index (χ3n) is 17.8. The minimum absolute atomic E-state index is 0.0285. The Balaban J connectivity index is 0.796. The monoisotopic (exact) mass is 1480 g/mol. The molecule has 10 N–H and O–H groups in total. The van der Waals surface area contributed by atoms with Gasteiger partial charge in [-0.05, 0) is 64.1 Å². The summed E-state index contributed by atoms with van der Waals surface area (Å²) in [6.07, 6.45) is -6.74. The van der Waals surface area contributed by atoms with E-state index < -0.39 is 92.3 Å². The van der Waals surface area contributed by atoms with Crippen molar-refractivity contribution in [3.63, 3.8) is 0 Å². The summed E-state index contributed by atoms with van der Waals surface area (Å²) >= 11 is 13.2. The van der Waals surface area contributed by atoms with Crippen LogP contribution in [0.15, 0.2) is 91.0 Å². The number of fused-ring (bicyclic) bond motifs is 6. The van der Waals surface area contributed by atoms with E-state index in [0.29, 0.717) is 149 Å². The molecule has 0 aliphatic carbocycles. The van der Waals surface area contributed by atoms with Crippen LogP contribution in [0.1, 0.15) is 66.2 Å². The van der Waals surface area contributed by atoms with Gasteiger partial charge in [0.25, 0.3) is 11.8 Å². The number of aliphatic hydroxyl groups excluding tert-OH is 8. The number of aliphatic hydroxyl groups is 8. The number of carbonyl (C=O) groups excluding carboxylic acids is 5. The lowest BCUT2D eigenvalue weighted by Crippen LogP contribution is -2.60. The zero-order valence-corrected chi connectivity index (χ0v) is 58.5. The largest absolute Gasteiger partial charge is 0.461 e. The van der Waals surface area contributed by atoms with E-state index >= 15 is 0 Å². The van der Waals surface area contributed by atoms with E-state index in [1.807, 2.05) is 24.3 Å². The minimum Gasteiger partial charge on any atom is -0.461 e. The SMILES string of the molecule is O=CCCCCC(=O)NCCOCCOCCOCCOCCOCCOCCOCCC(=O)Nc1cc(/C=C/C(=O)N2C[C@@H](CCl)c3c2cc(O[C@@H]2O[C@H](CO)[C@H](O)[C@H](O)[C@H]2O)c2ccccc32)ccc1/C=C/C(=O)N1C[C@@H](CCl)c2c1cc(O[C@@H]1O[C@H](CO)[C@H](O)[C@H](O)[C@H]1O)c1ccccc21. The standard InChI is InChI=1S/C73H92Cl2N4O24/c74-39-47-41-78(54-37-56(49-8-3-5-10-51(49)64(47)54)100-72-70(91)68(89)66(87)58(43-81)102-72)62(85)17-14-45-13-15-46(16-18-63(86)79-42-48(40-75)65-52-11-6-4-9-50(52)57(38-55(65)79)101-73-71(92)69(90)67(88)59(44-82)103-73)53(36-45)77-61(84)19-22-93-24-26-95-28-30-97-32-34-99-35-33-98-31-29-96-27-25-94-23-20-76-60(83)12-2-1-7-21-80/h3-6,8-11,13-18,21,36-38,47-48,58-59,66-73,81-82,87-92H,1-2,7,12,19-20,22-35,39-44H2,(H,76,83)(H,77,84)/b17-14+,18-16+/t47-,48-,58-,59-,66+,67+,68+,69+,70-,71-,72-,73-/m1/s1. The van der Waals surface area contributed by atoms with Crippen molar-refractivity contribution in [3.05, 3.63) is 113 Å². The van der Waals surface area contributed by atoms with Crippen molar-refractivity contribution >= 4 is 104 Å². The molecule has 562 valence electrons. The fourth-order valence-electron chi connectivity index (χ4n) is 12.4. The van der Waals surface area contributed by atoms with Gasteiger partial charge in [0.05, 0.1) is 124 Å². The smallest absolute Gasteiger partial charge is 0.251 e. The molecule has 0 saturated carbocycles. The molecule has 4 amide bonds. The van der Waals surface area contributed by atoms with Crippen molar-refractivity contribution in [2.45, 2.75) is 105 Å². The van der Waals surface area contributed by atoms with Gasteiger partial charge in [0.15, 0.2) is 0 Å². The number of nitrogens with zero attached hydrogens (tertiary/aromatic N) is 2. The Morgan fingerprint density at radius 3 is 1.39 bits per heavy atom. The van der Waals surface area contributed by atoms with E-state index in [-0.39, 0.29) is 86.0 Å². The van der Waals surface area contributed by atoms with Crippen molar-refractivity contribution in [2.24, 2.45) is 0 Å². The van der Waals surface area contributed by atoms with E-state index in [9.17, 15) is 64.8 Å². The maximum atomic E-state index is 14.6. The lowest BCUT2D eigenvalue weighted by atomic mass is 9.95. The highest BCUT2D eigenvalue weighted by Crippen LogP contribution is 2.48. The topological polar surface area (TPSA) is 379 Å². The summed E-state index contributed by atoms with van der Waals surface area (Å²) < 4.78 is 62.8. The zero-order chi connectivity index (χ0) is 73.2. The number of aldehydes is 1. The number of halogens is 2. The number of carbonyl (C=O) groups is 5. The average molecular weight is 1480 g/mol. The van der Waals surface area contributed by atoms with E-state index in [1.165, 1.54) is 28.0 Å². The molecule has 0 aromatic heterocycles. The van der Waals surface area contributed by atoms with E-state index in [0.717, 1.165) is 17.4 Å². The first-order chi connectivity index (χ1) is 50.1. The van der Waals surface area contributed by atoms with Crippen LogP contribution >= 0.6 is 23.2 Å². The highest BCUT2D eigenvalue weighted by molar-refractivity contribution is 6.20. The molecule has 5 aromatic rings. The number of alkyl halides is 2. The summed E-state index contributed by atoms with van der Waals surface area (Å²) in [6, 6.07) is 22.7. The van der Waals surface area contributed by atoms with Crippen molar-refractivity contribution in [1.29, 1.82) is 0 Å². The van der Waals surface area contributed by atoms with Crippen LogP contribution in [-0.2, 0) is 66.6 Å². The summed E-state index contributed by atoms with van der Waals surface area (Å²) in [7, 11) is 0. The van der Waals surface area contributed by atoms with Gasteiger partial charge in [-0.25, -0.2) is 0 Å². The van der Waals surface area contributed by atoms with E-state index in [1.54, 1.807) is 60.7 Å². The number of unbranched alkanes of at least 4 members (excludes halogenated alkanes) is 2. The third kappa shape index (κ3) is 21.7. The molecule has 30 heteroatoms. The van der Waals surface area contributed by atoms with Crippen molar-refractivity contribution in [3.8, 4) is 11.5 Å². The second kappa shape index (κ2) is 41.2. The van der Waals surface area contributed by atoms with Gasteiger partial charge in [-0.1, -0.05) is 60.7 Å². The predicted octanol–water partition coefficient (Wildman–Crippen LogP) is 3.44. The van der Waals surface area contributed by atoms with Gasteiger partial charge in [-0.2, -0.15) is 0 Å². The number of amides is 4. The Morgan fingerprint density at radius 2 is 0.942 bits per heavy atom. The van der Waals surface area contributed by atoms with Crippen LogP contribution in [0.25, 0.3) is 33.7 Å². The second-order valence-electron chi connectivity index (χ2n) is 24.8. The first-order valence-corrected chi connectivity index (χ1v) is 35.5. The molecule has 2 saturated heterocycles. The lowest BCUT2D eigenvalue weighted by Gasteiger charge is -2.39. The Kier molecular flexibility index (Phi) is 32.1. The first kappa shape index (κ1) is 80.3. The maximum absolute atomic E-state index is 14.6. The molecule has 9 rings (SSSR count). The molecular weight excluding hydrogens is 1390 g/mol. The van der Waals surface area contributed by atoms with Crippen LogP contribution < -0.4 is 29.9 Å². The van der Waals surface area contributed by atoms with Crippen LogP contribution in [-0.4, -0.2) is 269 Å². The van der Waals surface area contributed by atoms with Crippen LogP contribution in [0.2, 0.25) is 0 Å². The highest BCUT2D eigenvalue weighted by Gasteiger charge is 2.47. The number of hydrogen-bond donors (Lipinski definition) is 10. The van der Waals surface area contributed by atoms with Crippen LogP contribution in [0.5, 0.6) is 11.5 Å². The molecule has 103 heavy (non-hydrogen) atoms. The molecule has 0 spiro atoms. The van der Waals surface area contributed by atoms with Gasteiger partial charge in [-0.15, -0.1) is 23.2 Å². The summed E-state index contributed by atoms with van der Waals surface area (Å²) in [5, 5.41) is 92.0. The third-order valence-corrected chi connectivity index (χ3v) is 18.5. The molecule has 28 nitrogen and oxygen atoms in total. The van der Waals surface area contributed by atoms with Gasteiger partial charge >= 0.3 is 0 Å². The summed E-state index contributed by atoms with van der Waals surface area (Å²) in [6.45, 7) is 3.91. The van der Waals surface area contributed by atoms with E-state index in [2.05, 4.69) is 10.6 Å². The number of anilines is 3. The molecular formula is C73H92Cl2N4O24. The second-order valence-corrected chi connectivity index (χ2v) is 25.4. The highest BCUT2D eigenvalue weighted by atomic mass is 35.5. The fraction of sp³-hybridized carbons (Fsp3) is 0.521. The van der Waals surface area contributed by atoms with Crippen molar-refractivity contribution in [1.82, 2.24) is 5.32 Å². The fourth-order valence-corrected chi connectivity index (χ4v) is 12.9. The van der Waals surface area contributed by atoms with Crippen molar-refractivity contribution < 1.29 is 117 Å². The van der Waals surface area contributed by atoms with Crippen LogP contribution in [0.3, 0.4) is 0 Å². The van der Waals surface area contributed by atoms with Gasteiger partial charge < -0.3 is 118 Å². The summed E-state index contributed by atoms with van der Waals surface area (Å²) in [5.41, 5.74) is 3.60. The molecule has 5 aromatic carbocycles. The quantitative estimate of drug-likeness (QED) is 0.0116. The number of benzene rings is 5. The maximum Gasteiger partial charge on any atom is 0.251 e. The molecule has 4 aliphatic rings. The number of rotatable bonds is 42. The molecule has 2 fully saturated rings.